The molecule has 17 heavy (non-hydrogen) atoms. The maximum absolute atomic E-state index is 11.3. The van der Waals surface area contributed by atoms with Crippen molar-refractivity contribution in [2.24, 2.45) is 0 Å². The Balaban J connectivity index is 3.93. The van der Waals surface area contributed by atoms with Crippen molar-refractivity contribution < 1.29 is 19.1 Å². The minimum Gasteiger partial charge on any atom is -0.469 e. The highest BCUT2D eigenvalue weighted by molar-refractivity contribution is 5.71. The Morgan fingerprint density at radius 1 is 1.35 bits per heavy atom. The molecular weight excluding hydrogens is 222 g/mol. The molecule has 0 fully saturated rings. The summed E-state index contributed by atoms with van der Waals surface area (Å²) < 4.78 is 9.40. The molecular formula is C12H21NO4. The molecule has 5 heteroatoms. The normalized spacial score (nSPS) is 10.1. The third kappa shape index (κ3) is 8.45. The lowest BCUT2D eigenvalue weighted by molar-refractivity contribution is -0.144. The average Bonchev–Trinajstić information content (AvgIpc) is 2.29. The molecule has 0 spiro atoms. The van der Waals surface area contributed by atoms with Gasteiger partial charge in [-0.1, -0.05) is 6.08 Å². The summed E-state index contributed by atoms with van der Waals surface area (Å²) in [6.07, 6.45) is 2.73. The number of hydrogen-bond donors (Lipinski definition) is 0. The summed E-state index contributed by atoms with van der Waals surface area (Å²) in [7, 11) is 1.36. The van der Waals surface area contributed by atoms with E-state index in [0.717, 1.165) is 0 Å². The average molecular weight is 243 g/mol. The van der Waals surface area contributed by atoms with Crippen LogP contribution in [0.15, 0.2) is 12.7 Å². The standard InChI is InChI=1S/C12H21NO4/c1-4-8-13(10-12(15)17-5-2)9-6-7-11(14)16-3/h4H,1,5-10H2,2-3H3. The quantitative estimate of drug-likeness (QED) is 0.446. The summed E-state index contributed by atoms with van der Waals surface area (Å²) >= 11 is 0. The van der Waals surface area contributed by atoms with Crippen molar-refractivity contribution >= 4 is 11.9 Å². The van der Waals surface area contributed by atoms with Crippen LogP contribution >= 0.6 is 0 Å². The Bertz CT molecular complexity index is 253. The minimum atomic E-state index is -0.257. The molecule has 0 aromatic carbocycles. The number of hydrogen-bond acceptors (Lipinski definition) is 5. The molecule has 0 saturated heterocycles. The molecule has 0 atom stereocenters. The van der Waals surface area contributed by atoms with Crippen LogP contribution in [0, 0.1) is 0 Å². The SMILES string of the molecule is C=CCN(CCCC(=O)OC)CC(=O)OCC. The van der Waals surface area contributed by atoms with Crippen molar-refractivity contribution in [1.82, 2.24) is 4.90 Å². The van der Waals surface area contributed by atoms with Gasteiger partial charge >= 0.3 is 11.9 Å². The predicted molar refractivity (Wildman–Crippen MR) is 64.5 cm³/mol. The van der Waals surface area contributed by atoms with Crippen LogP contribution < -0.4 is 0 Å². The molecule has 0 saturated carbocycles. The molecule has 0 bridgehead atoms. The topological polar surface area (TPSA) is 55.8 Å². The van der Waals surface area contributed by atoms with E-state index in [0.29, 0.717) is 32.5 Å². The molecule has 0 rings (SSSR count). The Morgan fingerprint density at radius 2 is 2.06 bits per heavy atom. The molecule has 5 nitrogen and oxygen atoms in total. The fourth-order valence-electron chi connectivity index (χ4n) is 1.36. The van der Waals surface area contributed by atoms with Crippen LogP contribution in [-0.2, 0) is 19.1 Å². The third-order valence-electron chi connectivity index (χ3n) is 2.13. The highest BCUT2D eigenvalue weighted by Crippen LogP contribution is 1.98. The van der Waals surface area contributed by atoms with Crippen molar-refractivity contribution in [3.05, 3.63) is 12.7 Å². The van der Waals surface area contributed by atoms with Gasteiger partial charge in [0, 0.05) is 13.0 Å². The van der Waals surface area contributed by atoms with Crippen molar-refractivity contribution in [2.45, 2.75) is 19.8 Å². The van der Waals surface area contributed by atoms with E-state index in [2.05, 4.69) is 11.3 Å². The van der Waals surface area contributed by atoms with Crippen LogP contribution in [0.5, 0.6) is 0 Å². The van der Waals surface area contributed by atoms with Gasteiger partial charge in [-0.3, -0.25) is 14.5 Å². The zero-order chi connectivity index (χ0) is 13.1. The van der Waals surface area contributed by atoms with Gasteiger partial charge in [0.1, 0.15) is 0 Å². The fourth-order valence-corrected chi connectivity index (χ4v) is 1.36. The lowest BCUT2D eigenvalue weighted by atomic mass is 10.3. The maximum atomic E-state index is 11.3. The van der Waals surface area contributed by atoms with Gasteiger partial charge < -0.3 is 9.47 Å². The summed E-state index contributed by atoms with van der Waals surface area (Å²) in [5.41, 5.74) is 0. The van der Waals surface area contributed by atoms with Gasteiger partial charge in [0.2, 0.25) is 0 Å². The smallest absolute Gasteiger partial charge is 0.320 e. The second-order valence-electron chi connectivity index (χ2n) is 3.51. The van der Waals surface area contributed by atoms with Gasteiger partial charge in [0.15, 0.2) is 0 Å². The number of carbonyl (C=O) groups is 2. The van der Waals surface area contributed by atoms with Crippen LogP contribution in [-0.4, -0.2) is 50.2 Å². The molecule has 0 aliphatic carbocycles. The molecule has 0 aromatic rings. The molecule has 0 aliphatic heterocycles. The van der Waals surface area contributed by atoms with Crippen LogP contribution in [0.2, 0.25) is 0 Å². The van der Waals surface area contributed by atoms with Crippen molar-refractivity contribution in [3.63, 3.8) is 0 Å². The molecule has 0 aromatic heterocycles. The highest BCUT2D eigenvalue weighted by Gasteiger charge is 2.10. The Hall–Kier alpha value is -1.36. The Morgan fingerprint density at radius 3 is 2.59 bits per heavy atom. The van der Waals surface area contributed by atoms with Crippen molar-refractivity contribution in [2.75, 3.05) is 33.4 Å². The van der Waals surface area contributed by atoms with E-state index in [1.54, 1.807) is 13.0 Å². The lowest BCUT2D eigenvalue weighted by Gasteiger charge is -2.18. The van der Waals surface area contributed by atoms with Crippen LogP contribution in [0.4, 0.5) is 0 Å². The van der Waals surface area contributed by atoms with Crippen LogP contribution in [0.3, 0.4) is 0 Å². The van der Waals surface area contributed by atoms with Crippen molar-refractivity contribution in [3.8, 4) is 0 Å². The first kappa shape index (κ1) is 15.6. The summed E-state index contributed by atoms with van der Waals surface area (Å²) in [6, 6.07) is 0. The number of nitrogens with zero attached hydrogens (tertiary/aromatic N) is 1. The Kier molecular flexibility index (Phi) is 9.05. The maximum Gasteiger partial charge on any atom is 0.320 e. The fraction of sp³-hybridized carbons (Fsp3) is 0.667. The first-order chi connectivity index (χ1) is 8.13. The Labute approximate surface area is 102 Å². The van der Waals surface area contributed by atoms with E-state index in [1.807, 2.05) is 4.90 Å². The molecule has 0 radical (unpaired) electrons. The predicted octanol–water partition coefficient (Wildman–Crippen LogP) is 0.991. The zero-order valence-corrected chi connectivity index (χ0v) is 10.6. The van der Waals surface area contributed by atoms with Gasteiger partial charge in [-0.15, -0.1) is 6.58 Å². The molecule has 0 N–H and O–H groups in total. The van der Waals surface area contributed by atoms with E-state index < -0.39 is 0 Å². The summed E-state index contributed by atoms with van der Waals surface area (Å²) in [5, 5.41) is 0. The largest absolute Gasteiger partial charge is 0.469 e. The first-order valence-corrected chi connectivity index (χ1v) is 5.69. The second kappa shape index (κ2) is 9.84. The first-order valence-electron chi connectivity index (χ1n) is 5.69. The van der Waals surface area contributed by atoms with Gasteiger partial charge in [0.05, 0.1) is 20.3 Å². The van der Waals surface area contributed by atoms with Crippen LogP contribution in [0.1, 0.15) is 19.8 Å². The van der Waals surface area contributed by atoms with Gasteiger partial charge in [-0.25, -0.2) is 0 Å². The third-order valence-corrected chi connectivity index (χ3v) is 2.13. The molecule has 0 amide bonds. The van der Waals surface area contributed by atoms with E-state index in [1.165, 1.54) is 7.11 Å². The van der Waals surface area contributed by atoms with E-state index in [9.17, 15) is 9.59 Å². The summed E-state index contributed by atoms with van der Waals surface area (Å²) in [4.78, 5) is 24.1. The summed E-state index contributed by atoms with van der Waals surface area (Å²) in [5.74, 6) is -0.493. The monoisotopic (exact) mass is 243 g/mol. The molecule has 98 valence electrons. The van der Waals surface area contributed by atoms with E-state index in [4.69, 9.17) is 4.74 Å². The molecule has 0 aliphatic rings. The van der Waals surface area contributed by atoms with Gasteiger partial charge in [-0.05, 0) is 19.9 Å². The molecule has 0 unspecified atom stereocenters. The second-order valence-corrected chi connectivity index (χ2v) is 3.51. The number of ether oxygens (including phenoxy) is 2. The van der Waals surface area contributed by atoms with Crippen LogP contribution in [0.25, 0.3) is 0 Å². The zero-order valence-electron chi connectivity index (χ0n) is 10.6. The van der Waals surface area contributed by atoms with Gasteiger partial charge in [-0.2, -0.15) is 0 Å². The number of carbonyl (C=O) groups excluding carboxylic acids is 2. The molecule has 0 heterocycles. The minimum absolute atomic E-state index is 0.223. The van der Waals surface area contributed by atoms with E-state index >= 15 is 0 Å². The van der Waals surface area contributed by atoms with E-state index in [-0.39, 0.29) is 18.5 Å². The number of rotatable bonds is 9. The van der Waals surface area contributed by atoms with Crippen molar-refractivity contribution in [1.29, 1.82) is 0 Å². The lowest BCUT2D eigenvalue weighted by Crippen LogP contribution is -2.32. The highest BCUT2D eigenvalue weighted by atomic mass is 16.5. The van der Waals surface area contributed by atoms with Gasteiger partial charge in [0.25, 0.3) is 0 Å². The summed E-state index contributed by atoms with van der Waals surface area (Å²) in [6.45, 7) is 7.24. The number of esters is 2. The number of methoxy groups -OCH3 is 1.